The molecule has 1 amide bonds. The van der Waals surface area contributed by atoms with Gasteiger partial charge in [-0.15, -0.1) is 11.8 Å². The van der Waals surface area contributed by atoms with E-state index in [2.05, 4.69) is 63.3 Å². The quantitative estimate of drug-likeness (QED) is 0.765. The van der Waals surface area contributed by atoms with Crippen molar-refractivity contribution in [3.05, 3.63) is 63.7 Å². The third-order valence-electron chi connectivity index (χ3n) is 5.35. The van der Waals surface area contributed by atoms with Crippen LogP contribution >= 0.6 is 11.8 Å². The summed E-state index contributed by atoms with van der Waals surface area (Å²) in [5.74, 6) is 0.605. The van der Waals surface area contributed by atoms with Crippen LogP contribution in [0.25, 0.3) is 0 Å². The number of fused-ring (bicyclic) bond motifs is 1. The van der Waals surface area contributed by atoms with Crippen LogP contribution in [0.4, 0.5) is 0 Å². The average molecular weight is 354 g/mol. The second-order valence-electron chi connectivity index (χ2n) is 7.09. The fourth-order valence-corrected chi connectivity index (χ4v) is 4.79. The summed E-state index contributed by atoms with van der Waals surface area (Å²) in [4.78, 5) is 13.8. The van der Waals surface area contributed by atoms with E-state index in [0.29, 0.717) is 5.75 Å². The third-order valence-corrected chi connectivity index (χ3v) is 6.66. The fourth-order valence-electron chi connectivity index (χ4n) is 3.67. The minimum atomic E-state index is 0.129. The Morgan fingerprint density at radius 2 is 1.80 bits per heavy atom. The summed E-state index contributed by atoms with van der Waals surface area (Å²) in [7, 11) is 0. The van der Waals surface area contributed by atoms with Crippen molar-refractivity contribution in [2.45, 2.75) is 57.9 Å². The number of nitrogens with one attached hydrogen (secondary N) is 1. The highest BCUT2D eigenvalue weighted by Gasteiger charge is 2.21. The van der Waals surface area contributed by atoms with Gasteiger partial charge in [0, 0.05) is 4.90 Å². The number of carbonyl (C=O) groups is 1. The summed E-state index contributed by atoms with van der Waals surface area (Å²) in [5, 5.41) is 3.25. The van der Waals surface area contributed by atoms with Crippen molar-refractivity contribution in [1.29, 1.82) is 0 Å². The average Bonchev–Trinajstić information content (AvgIpc) is 2.60. The second-order valence-corrected chi connectivity index (χ2v) is 8.07. The number of hydrogen-bond acceptors (Lipinski definition) is 2. The Kier molecular flexibility index (Phi) is 5.53. The molecule has 1 N–H and O–H groups in total. The summed E-state index contributed by atoms with van der Waals surface area (Å²) in [6, 6.07) is 10.9. The third kappa shape index (κ3) is 3.92. The summed E-state index contributed by atoms with van der Waals surface area (Å²) in [6.45, 7) is 8.59. The highest BCUT2D eigenvalue weighted by Crippen LogP contribution is 2.32. The molecule has 0 radical (unpaired) electrons. The lowest BCUT2D eigenvalue weighted by Gasteiger charge is -2.26. The van der Waals surface area contributed by atoms with Crippen molar-refractivity contribution in [2.24, 2.45) is 0 Å². The standard InChI is InChI=1S/C22H27NOS/c1-14-12-15(2)17(4)22(16(14)3)25-13-21(24)23-20-11-7-9-18-8-5-6-10-19(18)20/h5-6,8,10,12,20H,7,9,11,13H2,1-4H3,(H,23,24)/t20-/m0/s1. The van der Waals surface area contributed by atoms with Gasteiger partial charge in [0.05, 0.1) is 11.8 Å². The van der Waals surface area contributed by atoms with Crippen LogP contribution in [-0.2, 0) is 11.2 Å². The van der Waals surface area contributed by atoms with Crippen molar-refractivity contribution in [3.63, 3.8) is 0 Å². The van der Waals surface area contributed by atoms with E-state index in [1.54, 1.807) is 11.8 Å². The van der Waals surface area contributed by atoms with E-state index in [-0.39, 0.29) is 11.9 Å². The minimum absolute atomic E-state index is 0.129. The smallest absolute Gasteiger partial charge is 0.230 e. The first kappa shape index (κ1) is 18.1. The van der Waals surface area contributed by atoms with E-state index in [0.717, 1.165) is 19.3 Å². The molecular weight excluding hydrogens is 326 g/mol. The van der Waals surface area contributed by atoms with Crippen LogP contribution in [0.5, 0.6) is 0 Å². The van der Waals surface area contributed by atoms with Gasteiger partial charge in [0.1, 0.15) is 0 Å². The van der Waals surface area contributed by atoms with Crippen LogP contribution in [0.3, 0.4) is 0 Å². The Labute approximate surface area is 155 Å². The van der Waals surface area contributed by atoms with E-state index < -0.39 is 0 Å². The molecule has 0 heterocycles. The highest BCUT2D eigenvalue weighted by molar-refractivity contribution is 8.00. The molecule has 0 aromatic heterocycles. The zero-order valence-electron chi connectivity index (χ0n) is 15.6. The molecule has 3 rings (SSSR count). The van der Waals surface area contributed by atoms with Gasteiger partial charge in [-0.2, -0.15) is 0 Å². The Balaban J connectivity index is 1.67. The van der Waals surface area contributed by atoms with E-state index >= 15 is 0 Å². The Bertz CT molecular complexity index is 771. The molecule has 2 nitrogen and oxygen atoms in total. The molecule has 1 aliphatic carbocycles. The molecule has 2 aromatic rings. The van der Waals surface area contributed by atoms with Gasteiger partial charge in [0.15, 0.2) is 0 Å². The van der Waals surface area contributed by atoms with Crippen molar-refractivity contribution in [2.75, 3.05) is 5.75 Å². The Hall–Kier alpha value is -1.74. The number of carbonyl (C=O) groups excluding carboxylic acids is 1. The van der Waals surface area contributed by atoms with Crippen molar-refractivity contribution >= 4 is 17.7 Å². The first-order valence-electron chi connectivity index (χ1n) is 9.04. The van der Waals surface area contributed by atoms with Crippen LogP contribution in [0.15, 0.2) is 35.2 Å². The zero-order chi connectivity index (χ0) is 18.0. The van der Waals surface area contributed by atoms with E-state index in [1.807, 2.05) is 0 Å². The zero-order valence-corrected chi connectivity index (χ0v) is 16.4. The molecule has 0 unspecified atom stereocenters. The molecule has 0 spiro atoms. The van der Waals surface area contributed by atoms with Gasteiger partial charge in [-0.25, -0.2) is 0 Å². The molecule has 132 valence electrons. The van der Waals surface area contributed by atoms with Crippen molar-refractivity contribution < 1.29 is 4.79 Å². The SMILES string of the molecule is Cc1cc(C)c(C)c(SCC(=O)N[C@H]2CCCc3ccccc32)c1C. The Morgan fingerprint density at radius 1 is 1.12 bits per heavy atom. The van der Waals surface area contributed by atoms with Crippen LogP contribution in [0, 0.1) is 27.7 Å². The number of amides is 1. The summed E-state index contributed by atoms with van der Waals surface area (Å²) < 4.78 is 0. The summed E-state index contributed by atoms with van der Waals surface area (Å²) in [5.41, 5.74) is 7.87. The Morgan fingerprint density at radius 3 is 2.52 bits per heavy atom. The van der Waals surface area contributed by atoms with Crippen molar-refractivity contribution in [1.82, 2.24) is 5.32 Å². The lowest BCUT2D eigenvalue weighted by atomic mass is 9.88. The van der Waals surface area contributed by atoms with E-state index in [4.69, 9.17) is 0 Å². The normalized spacial score (nSPS) is 16.4. The molecule has 0 saturated heterocycles. The number of benzene rings is 2. The number of thioether (sulfide) groups is 1. The number of rotatable bonds is 4. The maximum atomic E-state index is 12.6. The number of aryl methyl sites for hydroxylation is 3. The first-order chi connectivity index (χ1) is 12.0. The molecule has 0 fully saturated rings. The first-order valence-corrected chi connectivity index (χ1v) is 10.0. The topological polar surface area (TPSA) is 29.1 Å². The summed E-state index contributed by atoms with van der Waals surface area (Å²) >= 11 is 1.67. The van der Waals surface area contributed by atoms with Gasteiger partial charge in [-0.3, -0.25) is 4.79 Å². The number of hydrogen-bond donors (Lipinski definition) is 1. The van der Waals surface area contributed by atoms with Crippen LogP contribution in [0.1, 0.15) is 52.3 Å². The molecule has 3 heteroatoms. The molecular formula is C22H27NOS. The maximum absolute atomic E-state index is 12.6. The largest absolute Gasteiger partial charge is 0.349 e. The molecule has 2 aromatic carbocycles. The van der Waals surface area contributed by atoms with Gasteiger partial charge in [-0.1, -0.05) is 30.3 Å². The van der Waals surface area contributed by atoms with Gasteiger partial charge < -0.3 is 5.32 Å². The minimum Gasteiger partial charge on any atom is -0.349 e. The van der Waals surface area contributed by atoms with Gasteiger partial charge >= 0.3 is 0 Å². The fraction of sp³-hybridized carbons (Fsp3) is 0.409. The van der Waals surface area contributed by atoms with Gasteiger partial charge in [-0.05, 0) is 80.3 Å². The highest BCUT2D eigenvalue weighted by atomic mass is 32.2. The molecule has 1 aliphatic rings. The van der Waals surface area contributed by atoms with Crippen molar-refractivity contribution in [3.8, 4) is 0 Å². The maximum Gasteiger partial charge on any atom is 0.230 e. The molecule has 0 aliphatic heterocycles. The van der Waals surface area contributed by atoms with Crippen LogP contribution < -0.4 is 5.32 Å². The van der Waals surface area contributed by atoms with E-state index in [1.165, 1.54) is 38.3 Å². The molecule has 1 atom stereocenters. The monoisotopic (exact) mass is 353 g/mol. The lowest BCUT2D eigenvalue weighted by Crippen LogP contribution is -2.32. The van der Waals surface area contributed by atoms with E-state index in [9.17, 15) is 4.79 Å². The summed E-state index contributed by atoms with van der Waals surface area (Å²) in [6.07, 6.45) is 3.30. The molecule has 25 heavy (non-hydrogen) atoms. The molecule has 0 bridgehead atoms. The molecule has 0 saturated carbocycles. The van der Waals surface area contributed by atoms with Gasteiger partial charge in [0.2, 0.25) is 5.91 Å². The predicted octanol–water partition coefficient (Wildman–Crippen LogP) is 5.21. The van der Waals surface area contributed by atoms with Gasteiger partial charge in [0.25, 0.3) is 0 Å². The van der Waals surface area contributed by atoms with Crippen LogP contribution in [-0.4, -0.2) is 11.7 Å². The second kappa shape index (κ2) is 7.65. The lowest BCUT2D eigenvalue weighted by molar-refractivity contribution is -0.119. The predicted molar refractivity (Wildman–Crippen MR) is 106 cm³/mol. The van der Waals surface area contributed by atoms with Crippen LogP contribution in [0.2, 0.25) is 0 Å².